The molecule has 0 unspecified atom stereocenters. The summed E-state index contributed by atoms with van der Waals surface area (Å²) in [6.07, 6.45) is 7.24. The van der Waals surface area contributed by atoms with Crippen LogP contribution in [0.4, 0.5) is 0 Å². The molecule has 2 nitrogen and oxygen atoms in total. The highest BCUT2D eigenvalue weighted by Crippen LogP contribution is 2.39. The van der Waals surface area contributed by atoms with Crippen molar-refractivity contribution in [3.8, 4) is 0 Å². The number of aromatic nitrogens is 1. The quantitative estimate of drug-likeness (QED) is 0.725. The van der Waals surface area contributed by atoms with Crippen LogP contribution in [0.15, 0.2) is 6.07 Å². The molecule has 0 spiro atoms. The van der Waals surface area contributed by atoms with Gasteiger partial charge in [-0.3, -0.25) is 4.79 Å². The van der Waals surface area contributed by atoms with Crippen molar-refractivity contribution in [3.05, 3.63) is 23.0 Å². The normalized spacial score (nSPS) is 21.1. The third-order valence-corrected chi connectivity index (χ3v) is 4.39. The largest absolute Gasteiger partial charge is 0.345 e. The molecule has 2 aliphatic rings. The molecule has 2 aliphatic carbocycles. The van der Waals surface area contributed by atoms with Gasteiger partial charge in [-0.1, -0.05) is 12.8 Å². The third-order valence-electron chi connectivity index (χ3n) is 4.39. The van der Waals surface area contributed by atoms with Crippen molar-refractivity contribution in [1.29, 1.82) is 0 Å². The first-order valence-corrected chi connectivity index (χ1v) is 6.91. The van der Waals surface area contributed by atoms with Gasteiger partial charge in [0.2, 0.25) is 0 Å². The van der Waals surface area contributed by atoms with Gasteiger partial charge in [-0.15, -0.1) is 0 Å². The number of aryl methyl sites for hydroxylation is 1. The van der Waals surface area contributed by atoms with Crippen LogP contribution in [0.2, 0.25) is 0 Å². The summed E-state index contributed by atoms with van der Waals surface area (Å²) in [6.45, 7) is 4.25. The first kappa shape index (κ1) is 11.1. The molecular formula is C15H21NO. The van der Waals surface area contributed by atoms with Crippen LogP contribution in [0, 0.1) is 19.8 Å². The molecular weight excluding hydrogens is 210 g/mol. The van der Waals surface area contributed by atoms with Gasteiger partial charge < -0.3 is 4.57 Å². The highest BCUT2D eigenvalue weighted by molar-refractivity contribution is 5.99. The fourth-order valence-electron chi connectivity index (χ4n) is 3.33. The smallest absolute Gasteiger partial charge is 0.167 e. The van der Waals surface area contributed by atoms with Crippen LogP contribution < -0.4 is 0 Å². The summed E-state index contributed by atoms with van der Waals surface area (Å²) in [5, 5.41) is 0. The average molecular weight is 231 g/mol. The zero-order valence-electron chi connectivity index (χ0n) is 10.8. The van der Waals surface area contributed by atoms with Gasteiger partial charge in [-0.05, 0) is 45.6 Å². The molecule has 2 saturated carbocycles. The van der Waals surface area contributed by atoms with E-state index < -0.39 is 0 Å². The van der Waals surface area contributed by atoms with Gasteiger partial charge in [0.15, 0.2) is 5.78 Å². The van der Waals surface area contributed by atoms with Crippen LogP contribution in [0.5, 0.6) is 0 Å². The molecule has 92 valence electrons. The third kappa shape index (κ3) is 1.84. The SMILES string of the molecule is Cc1cc(C(=O)C2CCCC2)c(C)n1C1CC1. The summed E-state index contributed by atoms with van der Waals surface area (Å²) in [5.41, 5.74) is 3.48. The van der Waals surface area contributed by atoms with E-state index >= 15 is 0 Å². The Kier molecular flexibility index (Phi) is 2.61. The summed E-state index contributed by atoms with van der Waals surface area (Å²) in [7, 11) is 0. The maximum Gasteiger partial charge on any atom is 0.167 e. The van der Waals surface area contributed by atoms with E-state index in [1.54, 1.807) is 0 Å². The monoisotopic (exact) mass is 231 g/mol. The fraction of sp³-hybridized carbons (Fsp3) is 0.667. The van der Waals surface area contributed by atoms with Gasteiger partial charge in [-0.25, -0.2) is 0 Å². The minimum Gasteiger partial charge on any atom is -0.345 e. The van der Waals surface area contributed by atoms with E-state index in [1.165, 1.54) is 37.1 Å². The molecule has 2 fully saturated rings. The summed E-state index contributed by atoms with van der Waals surface area (Å²) >= 11 is 0. The number of ketones is 1. The van der Waals surface area contributed by atoms with Crippen LogP contribution in [0.1, 0.15) is 66.3 Å². The molecule has 0 aliphatic heterocycles. The van der Waals surface area contributed by atoms with E-state index in [9.17, 15) is 4.79 Å². The van der Waals surface area contributed by atoms with Crippen molar-refractivity contribution < 1.29 is 4.79 Å². The van der Waals surface area contributed by atoms with Gasteiger partial charge in [0.05, 0.1) is 0 Å². The van der Waals surface area contributed by atoms with Crippen molar-refractivity contribution in [2.45, 2.75) is 58.4 Å². The molecule has 0 amide bonds. The first-order chi connectivity index (χ1) is 8.18. The number of rotatable bonds is 3. The summed E-state index contributed by atoms with van der Waals surface area (Å²) in [4.78, 5) is 12.5. The average Bonchev–Trinajstić information content (AvgIpc) is 2.90. The molecule has 2 heteroatoms. The molecule has 0 radical (unpaired) electrons. The van der Waals surface area contributed by atoms with Crippen molar-refractivity contribution in [2.24, 2.45) is 5.92 Å². The number of hydrogen-bond acceptors (Lipinski definition) is 1. The Balaban J connectivity index is 1.91. The Morgan fingerprint density at radius 3 is 2.41 bits per heavy atom. The van der Waals surface area contributed by atoms with Crippen molar-refractivity contribution in [3.63, 3.8) is 0 Å². The minimum atomic E-state index is 0.308. The number of carbonyl (C=O) groups excluding carboxylic acids is 1. The van der Waals surface area contributed by atoms with Crippen molar-refractivity contribution in [1.82, 2.24) is 4.57 Å². The molecule has 0 aromatic carbocycles. The second-order valence-corrected chi connectivity index (χ2v) is 5.73. The van der Waals surface area contributed by atoms with Gasteiger partial charge in [0.25, 0.3) is 0 Å². The highest BCUT2D eigenvalue weighted by Gasteiger charge is 2.31. The molecule has 1 aromatic rings. The standard InChI is InChI=1S/C15H21NO/c1-10-9-14(11(2)16(10)13-7-8-13)15(17)12-5-3-4-6-12/h9,12-13H,3-8H2,1-2H3. The van der Waals surface area contributed by atoms with Crippen LogP contribution in [-0.2, 0) is 0 Å². The number of hydrogen-bond donors (Lipinski definition) is 0. The Morgan fingerprint density at radius 2 is 1.82 bits per heavy atom. The number of carbonyl (C=O) groups is 1. The summed E-state index contributed by atoms with van der Waals surface area (Å²) in [5.74, 6) is 0.714. The Bertz CT molecular complexity index is 448. The number of nitrogens with zero attached hydrogens (tertiary/aromatic N) is 1. The molecule has 3 rings (SSSR count). The van der Waals surface area contributed by atoms with Crippen LogP contribution in [-0.4, -0.2) is 10.4 Å². The predicted molar refractivity (Wildman–Crippen MR) is 68.5 cm³/mol. The number of Topliss-reactive ketones (excluding diaryl/α,β-unsaturated/α-hetero) is 1. The van der Waals surface area contributed by atoms with Crippen molar-refractivity contribution >= 4 is 5.78 Å². The molecule has 0 bridgehead atoms. The highest BCUT2D eigenvalue weighted by atomic mass is 16.1. The van der Waals surface area contributed by atoms with Crippen molar-refractivity contribution in [2.75, 3.05) is 0 Å². The second-order valence-electron chi connectivity index (χ2n) is 5.73. The zero-order chi connectivity index (χ0) is 12.0. The summed E-state index contributed by atoms with van der Waals surface area (Å²) < 4.78 is 2.38. The van der Waals surface area contributed by atoms with Crippen LogP contribution >= 0.6 is 0 Å². The molecule has 0 atom stereocenters. The lowest BCUT2D eigenvalue weighted by atomic mass is 9.96. The zero-order valence-corrected chi connectivity index (χ0v) is 10.8. The summed E-state index contributed by atoms with van der Waals surface area (Å²) in [6, 6.07) is 2.80. The van der Waals surface area contributed by atoms with Gasteiger partial charge in [0.1, 0.15) is 0 Å². The lowest BCUT2D eigenvalue weighted by Crippen LogP contribution is -2.12. The van der Waals surface area contributed by atoms with E-state index in [4.69, 9.17) is 0 Å². The lowest BCUT2D eigenvalue weighted by molar-refractivity contribution is 0.0922. The molecule has 0 saturated heterocycles. The topological polar surface area (TPSA) is 22.0 Å². The lowest BCUT2D eigenvalue weighted by Gasteiger charge is -2.10. The van der Waals surface area contributed by atoms with Crippen LogP contribution in [0.25, 0.3) is 0 Å². The van der Waals surface area contributed by atoms with Gasteiger partial charge in [-0.2, -0.15) is 0 Å². The minimum absolute atomic E-state index is 0.308. The van der Waals surface area contributed by atoms with E-state index in [1.807, 2.05) is 0 Å². The molecule has 1 heterocycles. The van der Waals surface area contributed by atoms with Crippen LogP contribution in [0.3, 0.4) is 0 Å². The molecule has 0 N–H and O–H groups in total. The van der Waals surface area contributed by atoms with E-state index in [2.05, 4.69) is 24.5 Å². The Morgan fingerprint density at radius 1 is 1.18 bits per heavy atom. The van der Waals surface area contributed by atoms with Gasteiger partial charge >= 0.3 is 0 Å². The molecule has 1 aromatic heterocycles. The fourth-order valence-corrected chi connectivity index (χ4v) is 3.33. The van der Waals surface area contributed by atoms with E-state index in [0.29, 0.717) is 17.7 Å². The Hall–Kier alpha value is -1.05. The van der Waals surface area contributed by atoms with E-state index in [0.717, 1.165) is 18.4 Å². The predicted octanol–water partition coefficient (Wildman–Crippen LogP) is 3.81. The maximum absolute atomic E-state index is 12.5. The molecule has 17 heavy (non-hydrogen) atoms. The maximum atomic E-state index is 12.5. The first-order valence-electron chi connectivity index (χ1n) is 6.91. The van der Waals surface area contributed by atoms with Gasteiger partial charge in [0, 0.05) is 28.9 Å². The van der Waals surface area contributed by atoms with E-state index in [-0.39, 0.29) is 0 Å². The second kappa shape index (κ2) is 4.01. The Labute approximate surface area is 103 Å².